The van der Waals surface area contributed by atoms with E-state index in [1.807, 2.05) is 17.0 Å². The lowest BCUT2D eigenvalue weighted by Crippen LogP contribution is -2.39. The molecule has 0 unspecified atom stereocenters. The van der Waals surface area contributed by atoms with Gasteiger partial charge in [-0.2, -0.15) is 0 Å². The third kappa shape index (κ3) is 3.43. The van der Waals surface area contributed by atoms with E-state index in [1.54, 1.807) is 24.4 Å². The van der Waals surface area contributed by atoms with E-state index in [0.29, 0.717) is 24.6 Å². The highest BCUT2D eigenvalue weighted by molar-refractivity contribution is 5.79. The Morgan fingerprint density at radius 3 is 2.69 bits per heavy atom. The summed E-state index contributed by atoms with van der Waals surface area (Å²) >= 11 is 0. The zero-order valence-corrected chi connectivity index (χ0v) is 14.4. The summed E-state index contributed by atoms with van der Waals surface area (Å²) in [6.45, 7) is 1.36. The molecule has 1 aliphatic rings. The minimum absolute atomic E-state index is 0.0123. The normalized spacial score (nSPS) is 15.3. The van der Waals surface area contributed by atoms with E-state index in [4.69, 9.17) is 0 Å². The van der Waals surface area contributed by atoms with E-state index in [9.17, 15) is 9.18 Å². The molecule has 0 bridgehead atoms. The molecule has 1 saturated heterocycles. The second-order valence-corrected chi connectivity index (χ2v) is 6.71. The Labute approximate surface area is 151 Å². The van der Waals surface area contributed by atoms with Crippen molar-refractivity contribution in [1.82, 2.24) is 14.9 Å². The van der Waals surface area contributed by atoms with Crippen LogP contribution in [0.4, 0.5) is 4.39 Å². The molecule has 4 nitrogen and oxygen atoms in total. The zero-order valence-electron chi connectivity index (χ0n) is 14.4. The average molecular weight is 349 g/mol. The third-order valence-electron chi connectivity index (χ3n) is 5.05. The molecule has 3 heterocycles. The van der Waals surface area contributed by atoms with Crippen LogP contribution in [0.5, 0.6) is 0 Å². The quantitative estimate of drug-likeness (QED) is 0.724. The Bertz CT molecular complexity index is 935. The summed E-state index contributed by atoms with van der Waals surface area (Å²) in [4.78, 5) is 23.3. The van der Waals surface area contributed by atoms with Gasteiger partial charge in [0.05, 0.1) is 6.42 Å². The number of carbonyl (C=O) groups is 1. The number of aromatic nitrogens is 2. The highest BCUT2D eigenvalue weighted by atomic mass is 19.1. The van der Waals surface area contributed by atoms with Crippen molar-refractivity contribution in [2.75, 3.05) is 13.1 Å². The van der Waals surface area contributed by atoms with Gasteiger partial charge in [0.15, 0.2) is 5.65 Å². The summed E-state index contributed by atoms with van der Waals surface area (Å²) in [6.07, 6.45) is 3.61. The first-order valence-electron chi connectivity index (χ1n) is 8.93. The first kappa shape index (κ1) is 16.6. The summed E-state index contributed by atoms with van der Waals surface area (Å²) in [6, 6.07) is 14.5. The number of amides is 1. The molecule has 132 valence electrons. The predicted molar refractivity (Wildman–Crippen MR) is 98.2 cm³/mol. The van der Waals surface area contributed by atoms with Crippen molar-refractivity contribution in [1.29, 1.82) is 0 Å². The number of likely N-dealkylation sites (tertiary alicyclic amines) is 1. The van der Waals surface area contributed by atoms with Gasteiger partial charge in [0.1, 0.15) is 5.82 Å². The molecule has 1 aromatic carbocycles. The second-order valence-electron chi connectivity index (χ2n) is 6.71. The van der Waals surface area contributed by atoms with Crippen LogP contribution in [0.2, 0.25) is 0 Å². The van der Waals surface area contributed by atoms with E-state index in [-0.39, 0.29) is 18.1 Å². The molecule has 0 spiro atoms. The van der Waals surface area contributed by atoms with Crippen molar-refractivity contribution in [3.63, 3.8) is 0 Å². The molecule has 26 heavy (non-hydrogen) atoms. The molecule has 1 amide bonds. The smallest absolute Gasteiger partial charge is 0.227 e. The Balaban J connectivity index is 1.40. The summed E-state index contributed by atoms with van der Waals surface area (Å²) in [5.74, 6) is 0.00389. The van der Waals surface area contributed by atoms with Crippen molar-refractivity contribution in [2.45, 2.75) is 25.2 Å². The number of rotatable bonds is 3. The van der Waals surface area contributed by atoms with Gasteiger partial charge in [0.25, 0.3) is 0 Å². The maximum absolute atomic E-state index is 13.7. The molecule has 5 heteroatoms. The lowest BCUT2D eigenvalue weighted by molar-refractivity contribution is -0.131. The minimum Gasteiger partial charge on any atom is -0.342 e. The molecular weight excluding hydrogens is 329 g/mol. The SMILES string of the molecule is O=C(Cc1ccccc1F)N1CCC(c2ccc3cccnc3n2)CC1. The van der Waals surface area contributed by atoms with Crippen molar-refractivity contribution in [3.8, 4) is 0 Å². The Hall–Kier alpha value is -2.82. The number of piperidine rings is 1. The van der Waals surface area contributed by atoms with Gasteiger partial charge in [-0.3, -0.25) is 4.79 Å². The largest absolute Gasteiger partial charge is 0.342 e. The standard InChI is InChI=1S/C21H20FN3O/c22-18-6-2-1-4-17(18)14-20(26)25-12-9-15(10-13-25)19-8-7-16-5-3-11-23-21(16)24-19/h1-8,11,15H,9-10,12-14H2. The number of nitrogens with zero attached hydrogens (tertiary/aromatic N) is 3. The van der Waals surface area contributed by atoms with E-state index in [2.05, 4.69) is 22.1 Å². The number of benzene rings is 1. The number of pyridine rings is 2. The number of halogens is 1. The van der Waals surface area contributed by atoms with Crippen LogP contribution in [0.25, 0.3) is 11.0 Å². The third-order valence-corrected chi connectivity index (χ3v) is 5.05. The van der Waals surface area contributed by atoms with Gasteiger partial charge in [0.2, 0.25) is 5.91 Å². The minimum atomic E-state index is -0.316. The number of fused-ring (bicyclic) bond motifs is 1. The van der Waals surface area contributed by atoms with Crippen molar-refractivity contribution in [2.24, 2.45) is 0 Å². The van der Waals surface area contributed by atoms with Crippen LogP contribution in [0.3, 0.4) is 0 Å². The van der Waals surface area contributed by atoms with Crippen LogP contribution in [0, 0.1) is 5.82 Å². The van der Waals surface area contributed by atoms with Gasteiger partial charge in [-0.15, -0.1) is 0 Å². The predicted octanol–water partition coefficient (Wildman–Crippen LogP) is 3.72. The molecule has 0 N–H and O–H groups in total. The Morgan fingerprint density at radius 2 is 1.88 bits per heavy atom. The number of hydrogen-bond donors (Lipinski definition) is 0. The maximum atomic E-state index is 13.7. The molecule has 1 fully saturated rings. The second kappa shape index (κ2) is 7.20. The van der Waals surface area contributed by atoms with Crippen molar-refractivity contribution >= 4 is 16.9 Å². The Morgan fingerprint density at radius 1 is 1.08 bits per heavy atom. The fourth-order valence-electron chi connectivity index (χ4n) is 3.54. The maximum Gasteiger partial charge on any atom is 0.227 e. The van der Waals surface area contributed by atoms with E-state index in [0.717, 1.165) is 29.6 Å². The van der Waals surface area contributed by atoms with Crippen LogP contribution in [-0.4, -0.2) is 33.9 Å². The fraction of sp³-hybridized carbons (Fsp3) is 0.286. The van der Waals surface area contributed by atoms with Crippen LogP contribution < -0.4 is 0 Å². The lowest BCUT2D eigenvalue weighted by Gasteiger charge is -2.32. The summed E-state index contributed by atoms with van der Waals surface area (Å²) in [5.41, 5.74) is 2.27. The average Bonchev–Trinajstić information content (AvgIpc) is 2.69. The topological polar surface area (TPSA) is 46.1 Å². The number of carbonyl (C=O) groups excluding carboxylic acids is 1. The number of hydrogen-bond acceptors (Lipinski definition) is 3. The van der Waals surface area contributed by atoms with Gasteiger partial charge >= 0.3 is 0 Å². The lowest BCUT2D eigenvalue weighted by atomic mass is 9.92. The fourth-order valence-corrected chi connectivity index (χ4v) is 3.54. The van der Waals surface area contributed by atoms with Crippen LogP contribution in [-0.2, 0) is 11.2 Å². The molecule has 0 atom stereocenters. The molecule has 0 saturated carbocycles. The zero-order chi connectivity index (χ0) is 17.9. The summed E-state index contributed by atoms with van der Waals surface area (Å²) < 4.78 is 13.7. The van der Waals surface area contributed by atoms with Gasteiger partial charge in [-0.05, 0) is 48.7 Å². The highest BCUT2D eigenvalue weighted by Gasteiger charge is 2.25. The molecular formula is C21H20FN3O. The van der Waals surface area contributed by atoms with Gasteiger partial charge in [-0.25, -0.2) is 14.4 Å². The highest BCUT2D eigenvalue weighted by Crippen LogP contribution is 2.28. The summed E-state index contributed by atoms with van der Waals surface area (Å²) in [7, 11) is 0. The molecule has 0 radical (unpaired) electrons. The van der Waals surface area contributed by atoms with Crippen LogP contribution in [0.1, 0.15) is 30.0 Å². The molecule has 3 aromatic rings. The van der Waals surface area contributed by atoms with E-state index >= 15 is 0 Å². The van der Waals surface area contributed by atoms with Gasteiger partial charge in [-0.1, -0.05) is 18.2 Å². The van der Waals surface area contributed by atoms with Crippen LogP contribution >= 0.6 is 0 Å². The van der Waals surface area contributed by atoms with Crippen molar-refractivity contribution < 1.29 is 9.18 Å². The van der Waals surface area contributed by atoms with Crippen molar-refractivity contribution in [3.05, 3.63) is 71.8 Å². The molecule has 0 aliphatic carbocycles. The molecule has 2 aromatic heterocycles. The van der Waals surface area contributed by atoms with Gasteiger partial charge in [0, 0.05) is 36.3 Å². The van der Waals surface area contributed by atoms with E-state index < -0.39 is 0 Å². The molecule has 1 aliphatic heterocycles. The Kier molecular flexibility index (Phi) is 4.61. The first-order chi connectivity index (χ1) is 12.7. The monoisotopic (exact) mass is 349 g/mol. The van der Waals surface area contributed by atoms with E-state index in [1.165, 1.54) is 6.07 Å². The van der Waals surface area contributed by atoms with Gasteiger partial charge < -0.3 is 4.90 Å². The van der Waals surface area contributed by atoms with Crippen LogP contribution in [0.15, 0.2) is 54.7 Å². The first-order valence-corrected chi connectivity index (χ1v) is 8.93. The molecule has 4 rings (SSSR count). The summed E-state index contributed by atoms with van der Waals surface area (Å²) in [5, 5.41) is 1.04.